The van der Waals surface area contributed by atoms with Crippen LogP contribution in [0.4, 0.5) is 0 Å². The molecule has 0 heterocycles. The zero-order valence-electron chi connectivity index (χ0n) is 17.3. The van der Waals surface area contributed by atoms with Crippen molar-refractivity contribution < 1.29 is 9.59 Å². The smallest absolute Gasteiger partial charge is 0.252 e. The number of hydrogen-bond donors (Lipinski definition) is 1. The molecular weight excluding hydrogens is 354 g/mol. The lowest BCUT2D eigenvalue weighted by Gasteiger charge is -2.40. The molecule has 0 bridgehead atoms. The van der Waals surface area contributed by atoms with Crippen molar-refractivity contribution >= 4 is 22.8 Å². The second kappa shape index (κ2) is 10.3. The van der Waals surface area contributed by atoms with Crippen LogP contribution in [0.5, 0.6) is 0 Å². The lowest BCUT2D eigenvalue weighted by atomic mass is 9.74. The number of nitrogens with one attached hydrogen (secondary N) is 1. The van der Waals surface area contributed by atoms with Gasteiger partial charge in [0.2, 0.25) is 0 Å². The zero-order valence-corrected chi connectivity index (χ0v) is 18.2. The molecule has 1 N–H and O–H groups in total. The van der Waals surface area contributed by atoms with Crippen LogP contribution in [0, 0.1) is 11.8 Å². The van der Waals surface area contributed by atoms with Gasteiger partial charge in [0, 0.05) is 16.4 Å². The van der Waals surface area contributed by atoms with E-state index in [0.717, 1.165) is 37.0 Å². The van der Waals surface area contributed by atoms with Gasteiger partial charge < -0.3 is 5.32 Å². The van der Waals surface area contributed by atoms with E-state index in [2.05, 4.69) is 19.2 Å². The van der Waals surface area contributed by atoms with Gasteiger partial charge in [0.1, 0.15) is 0 Å². The van der Waals surface area contributed by atoms with Crippen LogP contribution >= 0.6 is 11.8 Å². The minimum atomic E-state index is -0.0914. The fourth-order valence-electron chi connectivity index (χ4n) is 4.02. The third-order valence-corrected chi connectivity index (χ3v) is 7.09. The summed E-state index contributed by atoms with van der Waals surface area (Å²) in [6, 6.07) is 7.51. The summed E-state index contributed by atoms with van der Waals surface area (Å²) in [5, 5.41) is 3.52. The molecule has 0 saturated heterocycles. The van der Waals surface area contributed by atoms with Gasteiger partial charge in [-0.05, 0) is 37.3 Å². The molecule has 1 fully saturated rings. The molecule has 4 heteroatoms. The van der Waals surface area contributed by atoms with Crippen molar-refractivity contribution in [2.45, 2.75) is 89.5 Å². The molecule has 0 atom stereocenters. The van der Waals surface area contributed by atoms with E-state index in [1.165, 1.54) is 31.0 Å². The second-order valence-electron chi connectivity index (χ2n) is 8.25. The van der Waals surface area contributed by atoms with E-state index in [4.69, 9.17) is 0 Å². The van der Waals surface area contributed by atoms with E-state index in [9.17, 15) is 9.59 Å². The van der Waals surface area contributed by atoms with Crippen LogP contribution in [0.1, 0.15) is 89.4 Å². The van der Waals surface area contributed by atoms with E-state index in [0.29, 0.717) is 11.5 Å². The van der Waals surface area contributed by atoms with Crippen LogP contribution in [0.25, 0.3) is 0 Å². The van der Waals surface area contributed by atoms with Crippen LogP contribution in [-0.2, 0) is 4.79 Å². The summed E-state index contributed by atoms with van der Waals surface area (Å²) in [7, 11) is 0. The number of carbonyl (C=O) groups excluding carboxylic acids is 2. The number of thioether (sulfide) groups is 1. The quantitative estimate of drug-likeness (QED) is 0.537. The van der Waals surface area contributed by atoms with Crippen LogP contribution in [0.2, 0.25) is 0 Å². The van der Waals surface area contributed by atoms with Crippen LogP contribution < -0.4 is 5.32 Å². The largest absolute Gasteiger partial charge is 0.347 e. The van der Waals surface area contributed by atoms with Gasteiger partial charge in [-0.15, -0.1) is 0 Å². The van der Waals surface area contributed by atoms with E-state index in [1.807, 2.05) is 38.1 Å². The maximum atomic E-state index is 13.2. The zero-order chi connectivity index (χ0) is 19.9. The van der Waals surface area contributed by atoms with Gasteiger partial charge in [-0.3, -0.25) is 9.59 Å². The van der Waals surface area contributed by atoms with Crippen molar-refractivity contribution in [1.82, 2.24) is 5.32 Å². The van der Waals surface area contributed by atoms with Gasteiger partial charge >= 0.3 is 0 Å². The fourth-order valence-corrected chi connectivity index (χ4v) is 4.89. The minimum Gasteiger partial charge on any atom is -0.347 e. The van der Waals surface area contributed by atoms with E-state index in [1.54, 1.807) is 0 Å². The number of rotatable bonds is 8. The second-order valence-corrected chi connectivity index (χ2v) is 9.30. The Bertz CT molecular complexity index is 631. The summed E-state index contributed by atoms with van der Waals surface area (Å²) in [5.41, 5.74) is 0.539. The third kappa shape index (κ3) is 6.10. The van der Waals surface area contributed by atoms with E-state index in [-0.39, 0.29) is 22.5 Å². The predicted molar refractivity (Wildman–Crippen MR) is 114 cm³/mol. The number of amides is 1. The maximum absolute atomic E-state index is 13.2. The summed E-state index contributed by atoms with van der Waals surface area (Å²) in [6.45, 7) is 8.28. The van der Waals surface area contributed by atoms with Crippen molar-refractivity contribution in [1.29, 1.82) is 0 Å². The summed E-state index contributed by atoms with van der Waals surface area (Å²) in [5.74, 6) is 0.573. The third-order valence-electron chi connectivity index (χ3n) is 5.84. The molecule has 0 aliphatic heterocycles. The normalized spacial score (nSPS) is 16.5. The first-order valence-electron chi connectivity index (χ1n) is 10.5. The molecule has 150 valence electrons. The lowest BCUT2D eigenvalue weighted by Crippen LogP contribution is -2.51. The summed E-state index contributed by atoms with van der Waals surface area (Å²) in [6.07, 6.45) is 9.13. The number of hydrogen-bond acceptors (Lipinski definition) is 3. The standard InChI is InChI=1S/C23H35NO2S/c1-5-18(6-2)16-23(14-10-7-11-15-23)24-21(25)19-12-8-9-13-20(19)27-22(26)17(3)4/h8-9,12-13,17-18H,5-7,10-11,14-16H2,1-4H3,(H,24,25). The van der Waals surface area contributed by atoms with Gasteiger partial charge in [0.25, 0.3) is 5.91 Å². The maximum Gasteiger partial charge on any atom is 0.252 e. The molecule has 1 amide bonds. The number of benzene rings is 1. The SMILES string of the molecule is CCC(CC)CC1(NC(=O)c2ccccc2SC(=O)C(C)C)CCCCC1. The summed E-state index contributed by atoms with van der Waals surface area (Å²) >= 11 is 1.19. The average molecular weight is 390 g/mol. The fraction of sp³-hybridized carbons (Fsp3) is 0.652. The molecule has 27 heavy (non-hydrogen) atoms. The van der Waals surface area contributed by atoms with Gasteiger partial charge in [0.15, 0.2) is 5.12 Å². The highest BCUT2D eigenvalue weighted by atomic mass is 32.2. The molecule has 1 saturated carbocycles. The summed E-state index contributed by atoms with van der Waals surface area (Å²) < 4.78 is 0. The predicted octanol–water partition coefficient (Wildman–Crippen LogP) is 6.22. The summed E-state index contributed by atoms with van der Waals surface area (Å²) in [4.78, 5) is 26.2. The van der Waals surface area contributed by atoms with Crippen molar-refractivity contribution in [2.75, 3.05) is 0 Å². The van der Waals surface area contributed by atoms with Crippen LogP contribution in [-0.4, -0.2) is 16.6 Å². The molecule has 1 aromatic carbocycles. The van der Waals surface area contributed by atoms with Crippen LogP contribution in [0.15, 0.2) is 29.2 Å². The Morgan fingerprint density at radius 3 is 2.30 bits per heavy atom. The highest BCUT2D eigenvalue weighted by molar-refractivity contribution is 8.13. The Balaban J connectivity index is 2.21. The van der Waals surface area contributed by atoms with E-state index < -0.39 is 0 Å². The van der Waals surface area contributed by atoms with Crippen molar-refractivity contribution in [3.05, 3.63) is 29.8 Å². The van der Waals surface area contributed by atoms with Crippen molar-refractivity contribution in [2.24, 2.45) is 11.8 Å². The highest BCUT2D eigenvalue weighted by Gasteiger charge is 2.35. The molecule has 1 aromatic rings. The Hall–Kier alpha value is -1.29. The molecule has 0 aromatic heterocycles. The van der Waals surface area contributed by atoms with Crippen molar-refractivity contribution in [3.63, 3.8) is 0 Å². The van der Waals surface area contributed by atoms with Gasteiger partial charge in [0.05, 0.1) is 5.56 Å². The molecule has 3 nitrogen and oxygen atoms in total. The monoisotopic (exact) mass is 389 g/mol. The Labute approximate surface area is 169 Å². The first-order valence-corrected chi connectivity index (χ1v) is 11.4. The first kappa shape index (κ1) is 22.0. The topological polar surface area (TPSA) is 46.2 Å². The Morgan fingerprint density at radius 2 is 1.70 bits per heavy atom. The van der Waals surface area contributed by atoms with Gasteiger partial charge in [-0.2, -0.15) is 0 Å². The molecule has 0 spiro atoms. The van der Waals surface area contributed by atoms with E-state index >= 15 is 0 Å². The average Bonchev–Trinajstić information content (AvgIpc) is 2.67. The molecule has 1 aliphatic rings. The van der Waals surface area contributed by atoms with Gasteiger partial charge in [-0.25, -0.2) is 0 Å². The number of carbonyl (C=O) groups is 2. The molecule has 0 unspecified atom stereocenters. The highest BCUT2D eigenvalue weighted by Crippen LogP contribution is 2.36. The first-order chi connectivity index (χ1) is 12.9. The Kier molecular flexibility index (Phi) is 8.40. The minimum absolute atomic E-state index is 0.0255. The molecular formula is C23H35NO2S. The van der Waals surface area contributed by atoms with Crippen molar-refractivity contribution in [3.8, 4) is 0 Å². The van der Waals surface area contributed by atoms with Gasteiger partial charge in [-0.1, -0.05) is 83.7 Å². The lowest BCUT2D eigenvalue weighted by molar-refractivity contribution is -0.113. The Morgan fingerprint density at radius 1 is 1.07 bits per heavy atom. The molecule has 1 aliphatic carbocycles. The van der Waals surface area contributed by atoms with Crippen LogP contribution in [0.3, 0.4) is 0 Å². The molecule has 2 rings (SSSR count). The molecule has 0 radical (unpaired) electrons.